The first-order valence-electron chi connectivity index (χ1n) is 6.88. The highest BCUT2D eigenvalue weighted by Gasteiger charge is 2.18. The van der Waals surface area contributed by atoms with E-state index in [0.717, 1.165) is 12.8 Å². The molecule has 0 spiro atoms. The van der Waals surface area contributed by atoms with E-state index in [1.165, 1.54) is 11.1 Å². The third-order valence-corrected chi connectivity index (χ3v) is 3.40. The number of methoxy groups -OCH3 is 1. The van der Waals surface area contributed by atoms with Crippen LogP contribution >= 0.6 is 0 Å². The van der Waals surface area contributed by atoms with Gasteiger partial charge in [0.15, 0.2) is 0 Å². The number of hydrogen-bond acceptors (Lipinski definition) is 2. The standard InChI is InChI=1S/C16H26O2/c1-5-6-16(18-4)15(17)11-13-7-9-14(10-8-13)12(2)3/h7-10,12,15-17H,5-6,11H2,1-4H3. The predicted molar refractivity (Wildman–Crippen MR) is 75.9 cm³/mol. The fourth-order valence-electron chi connectivity index (χ4n) is 2.16. The van der Waals surface area contributed by atoms with Crippen molar-refractivity contribution in [2.75, 3.05) is 7.11 Å². The lowest BCUT2D eigenvalue weighted by molar-refractivity contribution is -0.0159. The summed E-state index contributed by atoms with van der Waals surface area (Å²) >= 11 is 0. The molecular weight excluding hydrogens is 224 g/mol. The molecule has 0 aliphatic heterocycles. The minimum atomic E-state index is -0.417. The smallest absolute Gasteiger partial charge is 0.0841 e. The number of aliphatic hydroxyl groups excluding tert-OH is 1. The van der Waals surface area contributed by atoms with Crippen molar-refractivity contribution in [1.82, 2.24) is 0 Å². The first-order chi connectivity index (χ1) is 8.58. The molecule has 2 atom stereocenters. The Morgan fingerprint density at radius 1 is 1.17 bits per heavy atom. The van der Waals surface area contributed by atoms with Gasteiger partial charge in [-0.2, -0.15) is 0 Å². The van der Waals surface area contributed by atoms with Gasteiger partial charge in [-0.3, -0.25) is 0 Å². The number of hydrogen-bond donors (Lipinski definition) is 1. The molecule has 0 radical (unpaired) electrons. The molecule has 1 aromatic carbocycles. The zero-order valence-electron chi connectivity index (χ0n) is 12.0. The molecule has 1 rings (SSSR count). The summed E-state index contributed by atoms with van der Waals surface area (Å²) in [4.78, 5) is 0. The summed E-state index contributed by atoms with van der Waals surface area (Å²) in [6, 6.07) is 8.51. The third-order valence-electron chi connectivity index (χ3n) is 3.40. The van der Waals surface area contributed by atoms with Gasteiger partial charge in [0.1, 0.15) is 0 Å². The molecule has 0 fully saturated rings. The Morgan fingerprint density at radius 2 is 1.78 bits per heavy atom. The van der Waals surface area contributed by atoms with E-state index in [4.69, 9.17) is 4.74 Å². The van der Waals surface area contributed by atoms with E-state index < -0.39 is 6.10 Å². The van der Waals surface area contributed by atoms with E-state index in [0.29, 0.717) is 12.3 Å². The van der Waals surface area contributed by atoms with E-state index in [1.807, 2.05) is 0 Å². The first kappa shape index (κ1) is 15.2. The maximum absolute atomic E-state index is 10.1. The number of ether oxygens (including phenoxy) is 1. The number of rotatable bonds is 7. The van der Waals surface area contributed by atoms with Crippen LogP contribution in [0.1, 0.15) is 50.7 Å². The minimum Gasteiger partial charge on any atom is -0.390 e. The van der Waals surface area contributed by atoms with Crippen LogP contribution < -0.4 is 0 Å². The van der Waals surface area contributed by atoms with Crippen molar-refractivity contribution in [1.29, 1.82) is 0 Å². The van der Waals surface area contributed by atoms with Crippen molar-refractivity contribution in [3.63, 3.8) is 0 Å². The van der Waals surface area contributed by atoms with Crippen LogP contribution in [0.15, 0.2) is 24.3 Å². The summed E-state index contributed by atoms with van der Waals surface area (Å²) in [7, 11) is 1.67. The fraction of sp³-hybridized carbons (Fsp3) is 0.625. The zero-order chi connectivity index (χ0) is 13.5. The van der Waals surface area contributed by atoms with E-state index in [-0.39, 0.29) is 6.10 Å². The molecule has 0 saturated carbocycles. The third kappa shape index (κ3) is 4.43. The molecule has 0 heterocycles. The monoisotopic (exact) mass is 250 g/mol. The molecule has 2 nitrogen and oxygen atoms in total. The van der Waals surface area contributed by atoms with Gasteiger partial charge in [0, 0.05) is 13.5 Å². The lowest BCUT2D eigenvalue weighted by Crippen LogP contribution is -2.29. The Labute approximate surface area is 111 Å². The quantitative estimate of drug-likeness (QED) is 0.802. The summed E-state index contributed by atoms with van der Waals surface area (Å²) in [6.45, 7) is 6.48. The molecule has 0 amide bonds. The van der Waals surface area contributed by atoms with Gasteiger partial charge in [-0.1, -0.05) is 51.5 Å². The van der Waals surface area contributed by atoms with Gasteiger partial charge in [-0.25, -0.2) is 0 Å². The van der Waals surface area contributed by atoms with Gasteiger partial charge in [0.2, 0.25) is 0 Å². The lowest BCUT2D eigenvalue weighted by atomic mass is 9.97. The molecule has 2 heteroatoms. The van der Waals surface area contributed by atoms with Crippen molar-refractivity contribution in [3.8, 4) is 0 Å². The molecule has 0 aliphatic rings. The molecule has 0 saturated heterocycles. The highest BCUT2D eigenvalue weighted by atomic mass is 16.5. The SMILES string of the molecule is CCCC(OC)C(O)Cc1ccc(C(C)C)cc1. The topological polar surface area (TPSA) is 29.5 Å². The van der Waals surface area contributed by atoms with Crippen LogP contribution in [0.4, 0.5) is 0 Å². The van der Waals surface area contributed by atoms with Crippen molar-refractivity contribution in [2.45, 2.75) is 58.2 Å². The maximum atomic E-state index is 10.1. The molecule has 0 bridgehead atoms. The van der Waals surface area contributed by atoms with Gasteiger partial charge < -0.3 is 9.84 Å². The van der Waals surface area contributed by atoms with Gasteiger partial charge in [-0.05, 0) is 23.5 Å². The van der Waals surface area contributed by atoms with Crippen LogP contribution in [0.3, 0.4) is 0 Å². The molecule has 1 aromatic rings. The van der Waals surface area contributed by atoms with E-state index >= 15 is 0 Å². The normalized spacial score (nSPS) is 14.8. The Kier molecular flexibility index (Phi) is 6.37. The lowest BCUT2D eigenvalue weighted by Gasteiger charge is -2.21. The molecule has 1 N–H and O–H groups in total. The highest BCUT2D eigenvalue weighted by molar-refractivity contribution is 5.25. The second-order valence-corrected chi connectivity index (χ2v) is 5.23. The molecule has 0 aromatic heterocycles. The predicted octanol–water partition coefficient (Wildman–Crippen LogP) is 3.53. The minimum absolute atomic E-state index is 0.0558. The Morgan fingerprint density at radius 3 is 2.22 bits per heavy atom. The van der Waals surface area contributed by atoms with Crippen molar-refractivity contribution < 1.29 is 9.84 Å². The van der Waals surface area contributed by atoms with Crippen molar-refractivity contribution in [2.24, 2.45) is 0 Å². The zero-order valence-corrected chi connectivity index (χ0v) is 12.0. The van der Waals surface area contributed by atoms with Gasteiger partial charge >= 0.3 is 0 Å². The molecule has 18 heavy (non-hydrogen) atoms. The van der Waals surface area contributed by atoms with Gasteiger partial charge in [-0.15, -0.1) is 0 Å². The molecular formula is C16H26O2. The average molecular weight is 250 g/mol. The second-order valence-electron chi connectivity index (χ2n) is 5.23. The van der Waals surface area contributed by atoms with Crippen molar-refractivity contribution in [3.05, 3.63) is 35.4 Å². The van der Waals surface area contributed by atoms with Crippen LogP contribution in [0, 0.1) is 0 Å². The van der Waals surface area contributed by atoms with Crippen LogP contribution in [0.25, 0.3) is 0 Å². The maximum Gasteiger partial charge on any atom is 0.0841 e. The Balaban J connectivity index is 2.60. The van der Waals surface area contributed by atoms with Crippen LogP contribution in [0.2, 0.25) is 0 Å². The summed E-state index contributed by atoms with van der Waals surface area (Å²) in [5.74, 6) is 0.552. The highest BCUT2D eigenvalue weighted by Crippen LogP contribution is 2.17. The molecule has 2 unspecified atom stereocenters. The van der Waals surface area contributed by atoms with Gasteiger partial charge in [0.05, 0.1) is 12.2 Å². The summed E-state index contributed by atoms with van der Waals surface area (Å²) < 4.78 is 5.34. The number of aliphatic hydroxyl groups is 1. The Bertz CT molecular complexity index is 329. The summed E-state index contributed by atoms with van der Waals surface area (Å²) in [6.07, 6.45) is 2.13. The van der Waals surface area contributed by atoms with E-state index in [9.17, 15) is 5.11 Å². The van der Waals surface area contributed by atoms with Crippen LogP contribution in [-0.2, 0) is 11.2 Å². The van der Waals surface area contributed by atoms with Crippen molar-refractivity contribution >= 4 is 0 Å². The van der Waals surface area contributed by atoms with Crippen LogP contribution in [0.5, 0.6) is 0 Å². The van der Waals surface area contributed by atoms with E-state index in [1.54, 1.807) is 7.11 Å². The second kappa shape index (κ2) is 7.55. The average Bonchev–Trinajstić information content (AvgIpc) is 2.36. The molecule has 102 valence electrons. The Hall–Kier alpha value is -0.860. The fourth-order valence-corrected chi connectivity index (χ4v) is 2.16. The first-order valence-corrected chi connectivity index (χ1v) is 6.88. The van der Waals surface area contributed by atoms with Gasteiger partial charge in [0.25, 0.3) is 0 Å². The number of benzene rings is 1. The summed E-state index contributed by atoms with van der Waals surface area (Å²) in [5.41, 5.74) is 2.51. The largest absolute Gasteiger partial charge is 0.390 e. The summed E-state index contributed by atoms with van der Waals surface area (Å²) in [5, 5.41) is 10.1. The molecule has 0 aliphatic carbocycles. The van der Waals surface area contributed by atoms with E-state index in [2.05, 4.69) is 45.0 Å². The van der Waals surface area contributed by atoms with Crippen LogP contribution in [-0.4, -0.2) is 24.4 Å².